The zero-order valence-corrected chi connectivity index (χ0v) is 15.7. The van der Waals surface area contributed by atoms with E-state index in [9.17, 15) is 13.6 Å². The average Bonchev–Trinajstić information content (AvgIpc) is 3.38. The maximum Gasteiger partial charge on any atom is 0.261 e. The highest BCUT2D eigenvalue weighted by Crippen LogP contribution is 2.32. The third kappa shape index (κ3) is 4.45. The molecule has 1 amide bonds. The molecule has 5 nitrogen and oxygen atoms in total. The molecule has 1 aliphatic heterocycles. The Kier molecular flexibility index (Phi) is 5.55. The molecule has 1 aromatic heterocycles. The minimum atomic E-state index is -0.503. The van der Waals surface area contributed by atoms with Gasteiger partial charge in [-0.15, -0.1) is 0 Å². The summed E-state index contributed by atoms with van der Waals surface area (Å²) in [6.45, 7) is 0.320. The van der Waals surface area contributed by atoms with Crippen molar-refractivity contribution in [1.82, 2.24) is 9.88 Å². The van der Waals surface area contributed by atoms with Crippen molar-refractivity contribution in [2.45, 2.75) is 25.3 Å². The van der Waals surface area contributed by atoms with E-state index in [0.717, 1.165) is 18.4 Å². The molecule has 1 aliphatic rings. The fourth-order valence-corrected chi connectivity index (χ4v) is 3.47. The Labute approximate surface area is 166 Å². The van der Waals surface area contributed by atoms with E-state index in [1.807, 2.05) is 0 Å². The Morgan fingerprint density at radius 2 is 1.97 bits per heavy atom. The predicted molar refractivity (Wildman–Crippen MR) is 101 cm³/mol. The van der Waals surface area contributed by atoms with Crippen molar-refractivity contribution in [3.8, 4) is 5.75 Å². The number of hydrogen-bond donors (Lipinski definition) is 0. The lowest BCUT2D eigenvalue weighted by atomic mass is 10.1. The predicted octanol–water partition coefficient (Wildman–Crippen LogP) is 4.29. The lowest BCUT2D eigenvalue weighted by Gasteiger charge is -2.22. The molecule has 1 fully saturated rings. The van der Waals surface area contributed by atoms with Crippen LogP contribution in [0, 0.1) is 11.6 Å². The average molecular weight is 398 g/mol. The van der Waals surface area contributed by atoms with E-state index in [-0.39, 0.29) is 30.1 Å². The third-order valence-electron chi connectivity index (χ3n) is 4.91. The molecular formula is C22H20F2N2O3. The largest absolute Gasteiger partial charge is 0.481 e. The number of carbonyl (C=O) groups is 1. The molecule has 0 radical (unpaired) electrons. The molecular weight excluding hydrogens is 378 g/mol. The van der Waals surface area contributed by atoms with Gasteiger partial charge < -0.3 is 14.1 Å². The smallest absolute Gasteiger partial charge is 0.261 e. The SMILES string of the molecule is O=C(COc1ccccc1F)N1CCC[C@H]1c1ncc(Cc2ccc(F)cc2)o1. The van der Waals surface area contributed by atoms with E-state index >= 15 is 0 Å². The number of oxazole rings is 1. The highest BCUT2D eigenvalue weighted by molar-refractivity contribution is 5.78. The summed E-state index contributed by atoms with van der Waals surface area (Å²) in [6, 6.07) is 11.9. The van der Waals surface area contributed by atoms with Crippen LogP contribution in [-0.2, 0) is 11.2 Å². The number of hydrogen-bond acceptors (Lipinski definition) is 4. The van der Waals surface area contributed by atoms with Gasteiger partial charge in [0.05, 0.1) is 6.20 Å². The first-order chi connectivity index (χ1) is 14.1. The highest BCUT2D eigenvalue weighted by atomic mass is 19.1. The van der Waals surface area contributed by atoms with Crippen LogP contribution >= 0.6 is 0 Å². The van der Waals surface area contributed by atoms with Crippen molar-refractivity contribution in [3.63, 3.8) is 0 Å². The second-order valence-corrected chi connectivity index (χ2v) is 6.93. The summed E-state index contributed by atoms with van der Waals surface area (Å²) < 4.78 is 37.9. The number of aromatic nitrogens is 1. The second kappa shape index (κ2) is 8.43. The molecule has 0 spiro atoms. The van der Waals surface area contributed by atoms with Crippen LogP contribution in [-0.4, -0.2) is 28.9 Å². The molecule has 0 aliphatic carbocycles. The van der Waals surface area contributed by atoms with Gasteiger partial charge in [-0.3, -0.25) is 4.79 Å². The van der Waals surface area contributed by atoms with Gasteiger partial charge in [-0.25, -0.2) is 13.8 Å². The minimum Gasteiger partial charge on any atom is -0.481 e. The lowest BCUT2D eigenvalue weighted by molar-refractivity contribution is -0.134. The Morgan fingerprint density at radius 1 is 1.17 bits per heavy atom. The van der Waals surface area contributed by atoms with Crippen molar-refractivity contribution < 1.29 is 22.7 Å². The number of rotatable bonds is 6. The van der Waals surface area contributed by atoms with Crippen LogP contribution in [0.3, 0.4) is 0 Å². The molecule has 4 rings (SSSR count). The Hall–Kier alpha value is -3.22. The fraction of sp³-hybridized carbons (Fsp3) is 0.273. The summed E-state index contributed by atoms with van der Waals surface area (Å²) in [5.74, 6) is 0.136. The molecule has 0 bridgehead atoms. The first-order valence-electron chi connectivity index (χ1n) is 9.46. The van der Waals surface area contributed by atoms with Crippen molar-refractivity contribution in [2.24, 2.45) is 0 Å². The van der Waals surface area contributed by atoms with Crippen LogP contribution in [0.5, 0.6) is 5.75 Å². The van der Waals surface area contributed by atoms with Crippen LogP contribution in [0.25, 0.3) is 0 Å². The van der Waals surface area contributed by atoms with Crippen molar-refractivity contribution >= 4 is 5.91 Å². The summed E-state index contributed by atoms with van der Waals surface area (Å²) in [7, 11) is 0. The van der Waals surface area contributed by atoms with Gasteiger partial charge in [-0.2, -0.15) is 0 Å². The number of likely N-dealkylation sites (tertiary alicyclic amines) is 1. The molecule has 29 heavy (non-hydrogen) atoms. The number of benzene rings is 2. The summed E-state index contributed by atoms with van der Waals surface area (Å²) in [5.41, 5.74) is 0.909. The quantitative estimate of drug-likeness (QED) is 0.622. The monoisotopic (exact) mass is 398 g/mol. The molecule has 0 N–H and O–H groups in total. The van der Waals surface area contributed by atoms with Crippen LogP contribution in [0.15, 0.2) is 59.1 Å². The molecule has 3 aromatic rings. The van der Waals surface area contributed by atoms with Gasteiger partial charge in [-0.05, 0) is 42.7 Å². The fourth-order valence-electron chi connectivity index (χ4n) is 3.47. The summed E-state index contributed by atoms with van der Waals surface area (Å²) in [5, 5.41) is 0. The van der Waals surface area contributed by atoms with Gasteiger partial charge in [0.2, 0.25) is 5.89 Å². The van der Waals surface area contributed by atoms with Gasteiger partial charge >= 0.3 is 0 Å². The number of ether oxygens (including phenoxy) is 1. The second-order valence-electron chi connectivity index (χ2n) is 6.93. The Morgan fingerprint density at radius 3 is 2.76 bits per heavy atom. The summed E-state index contributed by atoms with van der Waals surface area (Å²) >= 11 is 0. The van der Waals surface area contributed by atoms with Crippen molar-refractivity contribution in [3.05, 3.63) is 83.6 Å². The third-order valence-corrected chi connectivity index (χ3v) is 4.91. The maximum absolute atomic E-state index is 13.7. The lowest BCUT2D eigenvalue weighted by Crippen LogP contribution is -2.34. The maximum atomic E-state index is 13.7. The topological polar surface area (TPSA) is 55.6 Å². The van der Waals surface area contributed by atoms with Crippen LogP contribution in [0.2, 0.25) is 0 Å². The van der Waals surface area contributed by atoms with E-state index in [1.165, 1.54) is 24.3 Å². The number of carbonyl (C=O) groups excluding carboxylic acids is 1. The van der Waals surface area contributed by atoms with E-state index in [1.54, 1.807) is 35.4 Å². The van der Waals surface area contributed by atoms with Crippen LogP contribution in [0.1, 0.15) is 36.1 Å². The summed E-state index contributed by atoms with van der Waals surface area (Å²) in [4.78, 5) is 18.6. The highest BCUT2D eigenvalue weighted by Gasteiger charge is 2.33. The van der Waals surface area contributed by atoms with Crippen LogP contribution in [0.4, 0.5) is 8.78 Å². The molecule has 0 saturated carbocycles. The molecule has 7 heteroatoms. The van der Waals surface area contributed by atoms with Gasteiger partial charge in [0.1, 0.15) is 17.6 Å². The Balaban J connectivity index is 1.40. The Bertz CT molecular complexity index is 988. The molecule has 0 unspecified atom stereocenters. The molecule has 2 heterocycles. The van der Waals surface area contributed by atoms with Gasteiger partial charge in [0, 0.05) is 13.0 Å². The minimum absolute atomic E-state index is 0.0503. The van der Waals surface area contributed by atoms with Gasteiger partial charge in [0.15, 0.2) is 18.2 Å². The molecule has 2 aromatic carbocycles. The van der Waals surface area contributed by atoms with Gasteiger partial charge in [-0.1, -0.05) is 24.3 Å². The van der Waals surface area contributed by atoms with E-state index in [0.29, 0.717) is 24.6 Å². The van der Waals surface area contributed by atoms with Crippen LogP contribution < -0.4 is 4.74 Å². The molecule has 1 atom stereocenters. The number of nitrogens with zero attached hydrogens (tertiary/aromatic N) is 2. The van der Waals surface area contributed by atoms with Crippen molar-refractivity contribution in [1.29, 1.82) is 0 Å². The molecule has 1 saturated heterocycles. The van der Waals surface area contributed by atoms with E-state index in [2.05, 4.69) is 4.98 Å². The van der Waals surface area contributed by atoms with E-state index in [4.69, 9.17) is 9.15 Å². The zero-order chi connectivity index (χ0) is 20.2. The first-order valence-corrected chi connectivity index (χ1v) is 9.46. The standard InChI is InChI=1S/C22H20F2N2O3/c23-16-9-7-15(8-10-16)12-17-13-25-22(29-17)19-5-3-11-26(19)21(27)14-28-20-6-2-1-4-18(20)24/h1-2,4,6-10,13,19H,3,5,11-12,14H2/t19-/m0/s1. The van der Waals surface area contributed by atoms with E-state index < -0.39 is 5.82 Å². The summed E-state index contributed by atoms with van der Waals surface area (Å²) in [6.07, 6.45) is 3.69. The van der Waals surface area contributed by atoms with Gasteiger partial charge in [0.25, 0.3) is 5.91 Å². The number of para-hydroxylation sites is 1. The molecule has 150 valence electrons. The number of amides is 1. The first kappa shape index (κ1) is 19.1. The van der Waals surface area contributed by atoms with Crippen molar-refractivity contribution in [2.75, 3.05) is 13.2 Å². The number of halogens is 2. The normalized spacial score (nSPS) is 16.2. The zero-order valence-electron chi connectivity index (χ0n) is 15.7.